The third-order valence-corrected chi connectivity index (χ3v) is 5.84. The van der Waals surface area contributed by atoms with Crippen LogP contribution in [0.5, 0.6) is 5.75 Å². The summed E-state index contributed by atoms with van der Waals surface area (Å²) in [5.74, 6) is -0.606. The van der Waals surface area contributed by atoms with E-state index in [0.29, 0.717) is 38.2 Å². The van der Waals surface area contributed by atoms with Crippen LogP contribution in [0.25, 0.3) is 11.1 Å². The number of carbonyl (C=O) groups excluding carboxylic acids is 2. The molecule has 1 unspecified atom stereocenters. The average molecular weight is 431 g/mol. The molecule has 1 aliphatic rings. The number of aromatic nitrogens is 2. The second-order valence-electron chi connectivity index (χ2n) is 7.90. The molecule has 7 nitrogen and oxygen atoms in total. The fourth-order valence-electron chi connectivity index (χ4n) is 4.19. The zero-order chi connectivity index (χ0) is 22.5. The van der Waals surface area contributed by atoms with Gasteiger partial charge in [0.2, 0.25) is 5.91 Å². The van der Waals surface area contributed by atoms with Gasteiger partial charge in [-0.1, -0.05) is 30.3 Å². The van der Waals surface area contributed by atoms with Gasteiger partial charge in [-0.05, 0) is 36.6 Å². The minimum Gasteiger partial charge on any atom is -0.506 e. The predicted octanol–water partition coefficient (Wildman–Crippen LogP) is 3.01. The molecule has 0 radical (unpaired) electrons. The van der Waals surface area contributed by atoms with Crippen LogP contribution in [-0.4, -0.2) is 62.9 Å². The van der Waals surface area contributed by atoms with E-state index in [1.807, 2.05) is 54.4 Å². The number of aromatic hydroxyl groups is 1. The first-order valence-electron chi connectivity index (χ1n) is 10.8. The van der Waals surface area contributed by atoms with E-state index in [1.54, 1.807) is 11.1 Å². The number of amides is 2. The second-order valence-corrected chi connectivity index (χ2v) is 7.90. The van der Waals surface area contributed by atoms with Crippen molar-refractivity contribution in [3.8, 4) is 16.9 Å². The summed E-state index contributed by atoms with van der Waals surface area (Å²) >= 11 is 0. The molecule has 3 aromatic rings. The van der Waals surface area contributed by atoms with Crippen molar-refractivity contribution in [3.05, 3.63) is 78.4 Å². The molecule has 3 heterocycles. The van der Waals surface area contributed by atoms with Crippen LogP contribution in [0.3, 0.4) is 0 Å². The van der Waals surface area contributed by atoms with Crippen molar-refractivity contribution in [2.24, 2.45) is 5.92 Å². The summed E-state index contributed by atoms with van der Waals surface area (Å²) in [5.41, 5.74) is 3.39. The Balaban J connectivity index is 1.63. The highest BCUT2D eigenvalue weighted by Gasteiger charge is 2.32. The molecule has 1 fully saturated rings. The summed E-state index contributed by atoms with van der Waals surface area (Å²) < 4.78 is 0. The zero-order valence-electron chi connectivity index (χ0n) is 18.0. The summed E-state index contributed by atoms with van der Waals surface area (Å²) in [6, 6.07) is 13.3. The van der Waals surface area contributed by atoms with Gasteiger partial charge in [-0.25, -0.2) is 0 Å². The van der Waals surface area contributed by atoms with Crippen LogP contribution in [0.4, 0.5) is 0 Å². The lowest BCUT2D eigenvalue weighted by Crippen LogP contribution is -2.38. The zero-order valence-corrected chi connectivity index (χ0v) is 18.0. The molecule has 2 amide bonds. The first kappa shape index (κ1) is 21.5. The molecule has 0 spiro atoms. The fraction of sp³-hybridized carbons (Fsp3) is 0.280. The Labute approximate surface area is 187 Å². The van der Waals surface area contributed by atoms with Crippen molar-refractivity contribution in [1.82, 2.24) is 19.8 Å². The number of hydrogen-bond acceptors (Lipinski definition) is 5. The van der Waals surface area contributed by atoms with Crippen molar-refractivity contribution in [2.75, 3.05) is 26.2 Å². The molecule has 1 aliphatic heterocycles. The van der Waals surface area contributed by atoms with Crippen LogP contribution in [-0.2, 0) is 11.2 Å². The Hall–Kier alpha value is -3.74. The van der Waals surface area contributed by atoms with E-state index in [2.05, 4.69) is 9.97 Å². The Bertz CT molecular complexity index is 1100. The van der Waals surface area contributed by atoms with Gasteiger partial charge in [-0.2, -0.15) is 0 Å². The third kappa shape index (κ3) is 4.61. The Morgan fingerprint density at radius 1 is 1.09 bits per heavy atom. The van der Waals surface area contributed by atoms with Crippen LogP contribution in [0.2, 0.25) is 0 Å². The lowest BCUT2D eigenvalue weighted by Gasteiger charge is -2.24. The van der Waals surface area contributed by atoms with E-state index in [-0.39, 0.29) is 23.5 Å². The molecule has 32 heavy (non-hydrogen) atoms. The number of benzene rings is 1. The number of nitrogens with zero attached hydrogens (tertiary/aromatic N) is 4. The van der Waals surface area contributed by atoms with Gasteiger partial charge in [-0.15, -0.1) is 0 Å². The van der Waals surface area contributed by atoms with Crippen LogP contribution in [0, 0.1) is 5.92 Å². The maximum atomic E-state index is 13.3. The minimum atomic E-state index is -0.371. The summed E-state index contributed by atoms with van der Waals surface area (Å²) in [5, 5.41) is 9.72. The molecule has 7 heteroatoms. The topological polar surface area (TPSA) is 86.6 Å². The molecule has 1 atom stereocenters. The molecule has 0 aliphatic carbocycles. The van der Waals surface area contributed by atoms with Gasteiger partial charge in [0.1, 0.15) is 5.75 Å². The summed E-state index contributed by atoms with van der Waals surface area (Å²) in [6.07, 6.45) is 6.80. The lowest BCUT2D eigenvalue weighted by molar-refractivity contribution is -0.134. The molecular weight excluding hydrogens is 404 g/mol. The molecular formula is C25H26N4O3. The van der Waals surface area contributed by atoms with E-state index in [9.17, 15) is 14.7 Å². The molecule has 0 saturated carbocycles. The van der Waals surface area contributed by atoms with Crippen molar-refractivity contribution >= 4 is 11.8 Å². The van der Waals surface area contributed by atoms with Crippen molar-refractivity contribution < 1.29 is 14.7 Å². The van der Waals surface area contributed by atoms with Gasteiger partial charge in [0, 0.05) is 50.3 Å². The summed E-state index contributed by atoms with van der Waals surface area (Å²) in [7, 11) is 0. The largest absolute Gasteiger partial charge is 0.506 e. The lowest BCUT2D eigenvalue weighted by atomic mass is 9.91. The normalized spacial score (nSPS) is 16.7. The van der Waals surface area contributed by atoms with Crippen LogP contribution in [0.1, 0.15) is 22.8 Å². The number of carbonyl (C=O) groups is 2. The molecule has 1 aromatic carbocycles. The van der Waals surface area contributed by atoms with E-state index >= 15 is 0 Å². The maximum absolute atomic E-state index is 13.3. The molecule has 1 saturated heterocycles. The quantitative estimate of drug-likeness (QED) is 0.672. The van der Waals surface area contributed by atoms with Gasteiger partial charge in [-0.3, -0.25) is 19.6 Å². The van der Waals surface area contributed by atoms with E-state index in [0.717, 1.165) is 16.7 Å². The fourth-order valence-corrected chi connectivity index (χ4v) is 4.19. The van der Waals surface area contributed by atoms with E-state index in [1.165, 1.54) is 18.5 Å². The maximum Gasteiger partial charge on any atom is 0.255 e. The van der Waals surface area contributed by atoms with Crippen molar-refractivity contribution in [2.45, 2.75) is 13.3 Å². The first-order chi connectivity index (χ1) is 15.6. The average Bonchev–Trinajstić information content (AvgIpc) is 2.98. The minimum absolute atomic E-state index is 0.0535. The van der Waals surface area contributed by atoms with Gasteiger partial charge >= 0.3 is 0 Å². The molecule has 164 valence electrons. The van der Waals surface area contributed by atoms with E-state index < -0.39 is 0 Å². The highest BCUT2D eigenvalue weighted by molar-refractivity contribution is 5.95. The molecule has 0 bridgehead atoms. The van der Waals surface area contributed by atoms with Gasteiger partial charge < -0.3 is 14.9 Å². The number of rotatable bonds is 5. The Kier molecular flexibility index (Phi) is 6.44. The predicted molar refractivity (Wildman–Crippen MR) is 121 cm³/mol. The number of hydrogen-bond donors (Lipinski definition) is 1. The highest BCUT2D eigenvalue weighted by atomic mass is 16.3. The summed E-state index contributed by atoms with van der Waals surface area (Å²) in [6.45, 7) is 3.78. The van der Waals surface area contributed by atoms with E-state index in [4.69, 9.17) is 0 Å². The monoisotopic (exact) mass is 430 g/mol. The van der Waals surface area contributed by atoms with Gasteiger partial charge in [0.05, 0.1) is 17.7 Å². The van der Waals surface area contributed by atoms with Crippen molar-refractivity contribution in [3.63, 3.8) is 0 Å². The molecule has 4 rings (SSSR count). The SMILES string of the molecule is CCN1CCN(C(=O)c2cncc(O)c2)CC(Cc2ccccc2-c2cccnc2)C1=O. The van der Waals surface area contributed by atoms with Crippen LogP contribution >= 0.6 is 0 Å². The van der Waals surface area contributed by atoms with Crippen molar-refractivity contribution in [1.29, 1.82) is 0 Å². The number of likely N-dealkylation sites (N-methyl/N-ethyl adjacent to an activating group) is 1. The molecule has 2 aromatic heterocycles. The first-order valence-corrected chi connectivity index (χ1v) is 10.8. The smallest absolute Gasteiger partial charge is 0.255 e. The highest BCUT2D eigenvalue weighted by Crippen LogP contribution is 2.27. The summed E-state index contributed by atoms with van der Waals surface area (Å²) in [4.78, 5) is 38.1. The third-order valence-electron chi connectivity index (χ3n) is 5.84. The van der Waals surface area contributed by atoms with Crippen LogP contribution in [0.15, 0.2) is 67.3 Å². The van der Waals surface area contributed by atoms with Gasteiger partial charge in [0.25, 0.3) is 5.91 Å². The second kappa shape index (κ2) is 9.60. The molecule has 1 N–H and O–H groups in total. The van der Waals surface area contributed by atoms with Crippen LogP contribution < -0.4 is 0 Å². The Morgan fingerprint density at radius 2 is 1.94 bits per heavy atom. The Morgan fingerprint density at radius 3 is 2.69 bits per heavy atom. The number of pyridine rings is 2. The standard InChI is InChI=1S/C25H26N4O3/c1-2-28-10-11-29(24(31)20-13-22(30)16-27-15-20)17-21(25(28)32)12-18-6-3-4-8-23(18)19-7-5-9-26-14-19/h3-9,13-16,21,30H,2,10-12,17H2,1H3. The van der Waals surface area contributed by atoms with Gasteiger partial charge in [0.15, 0.2) is 0 Å².